The number of methoxy groups -OCH3 is 1. The van der Waals surface area contributed by atoms with Crippen LogP contribution in [0, 0.1) is 0 Å². The molecule has 0 bridgehead atoms. The number of carbonyl (C=O) groups excluding carboxylic acids is 1. The highest BCUT2D eigenvalue weighted by atomic mass is 16.5. The first-order chi connectivity index (χ1) is 9.19. The van der Waals surface area contributed by atoms with Crippen LogP contribution in [0.25, 0.3) is 0 Å². The van der Waals surface area contributed by atoms with Crippen molar-refractivity contribution in [3.05, 3.63) is 58.1 Å². The molecule has 2 aromatic rings. The van der Waals surface area contributed by atoms with E-state index in [1.807, 2.05) is 0 Å². The Morgan fingerprint density at radius 3 is 3.00 bits per heavy atom. The van der Waals surface area contributed by atoms with E-state index in [9.17, 15) is 9.59 Å². The van der Waals surface area contributed by atoms with Gasteiger partial charge in [-0.05, 0) is 17.7 Å². The minimum absolute atomic E-state index is 0.304. The normalized spacial score (nSPS) is 9.95. The maximum absolute atomic E-state index is 11.8. The summed E-state index contributed by atoms with van der Waals surface area (Å²) < 4.78 is 4.99. The molecule has 0 radical (unpaired) electrons. The second-order valence-corrected chi connectivity index (χ2v) is 3.83. The van der Waals surface area contributed by atoms with Crippen LogP contribution in [0.4, 0.5) is 0 Å². The highest BCUT2D eigenvalue weighted by Gasteiger charge is 2.05. The number of nitrogens with one attached hydrogen (secondary N) is 2. The number of aromatic amines is 1. The molecule has 1 amide bonds. The van der Waals surface area contributed by atoms with Crippen molar-refractivity contribution in [3.63, 3.8) is 0 Å². The number of amides is 1. The predicted octanol–water partition coefficient (Wildman–Crippen LogP) is 0.709. The Bertz CT molecular complexity index is 637. The third-order valence-electron chi connectivity index (χ3n) is 2.50. The van der Waals surface area contributed by atoms with Crippen LogP contribution in [0.3, 0.4) is 0 Å². The Morgan fingerprint density at radius 1 is 1.42 bits per heavy atom. The molecule has 0 fully saturated rings. The molecule has 19 heavy (non-hydrogen) atoms. The van der Waals surface area contributed by atoms with Gasteiger partial charge in [-0.15, -0.1) is 0 Å². The smallest absolute Gasteiger partial charge is 0.251 e. The van der Waals surface area contributed by atoms with Crippen molar-refractivity contribution >= 4 is 5.91 Å². The van der Waals surface area contributed by atoms with Crippen molar-refractivity contribution in [1.29, 1.82) is 0 Å². The molecule has 2 aromatic heterocycles. The van der Waals surface area contributed by atoms with Gasteiger partial charge in [0.1, 0.15) is 0 Å². The van der Waals surface area contributed by atoms with E-state index < -0.39 is 0 Å². The number of hydrogen-bond acceptors (Lipinski definition) is 4. The van der Waals surface area contributed by atoms with E-state index in [0.29, 0.717) is 18.0 Å². The first-order valence-corrected chi connectivity index (χ1v) is 5.65. The van der Waals surface area contributed by atoms with Gasteiger partial charge >= 0.3 is 0 Å². The Labute approximate surface area is 109 Å². The van der Waals surface area contributed by atoms with Gasteiger partial charge in [0.25, 0.3) is 5.91 Å². The Kier molecular flexibility index (Phi) is 3.92. The van der Waals surface area contributed by atoms with Gasteiger partial charge in [-0.2, -0.15) is 0 Å². The monoisotopic (exact) mass is 259 g/mol. The van der Waals surface area contributed by atoms with Gasteiger partial charge in [0.15, 0.2) is 0 Å². The van der Waals surface area contributed by atoms with Crippen molar-refractivity contribution in [3.8, 4) is 5.88 Å². The average Bonchev–Trinajstić information content (AvgIpc) is 2.45. The average molecular weight is 259 g/mol. The van der Waals surface area contributed by atoms with E-state index >= 15 is 0 Å². The summed E-state index contributed by atoms with van der Waals surface area (Å²) in [7, 11) is 1.53. The molecule has 0 unspecified atom stereocenters. The lowest BCUT2D eigenvalue weighted by Crippen LogP contribution is -2.24. The molecule has 2 N–H and O–H groups in total. The van der Waals surface area contributed by atoms with Crippen LogP contribution < -0.4 is 15.6 Å². The summed E-state index contributed by atoms with van der Waals surface area (Å²) in [5, 5.41) is 2.72. The minimum Gasteiger partial charge on any atom is -0.481 e. The van der Waals surface area contributed by atoms with E-state index in [1.165, 1.54) is 19.4 Å². The molecule has 0 aromatic carbocycles. The summed E-state index contributed by atoms with van der Waals surface area (Å²) in [4.78, 5) is 29.3. The van der Waals surface area contributed by atoms with Crippen molar-refractivity contribution < 1.29 is 9.53 Å². The first-order valence-electron chi connectivity index (χ1n) is 5.65. The molecule has 0 aliphatic heterocycles. The molecule has 0 saturated heterocycles. The molecule has 2 heterocycles. The lowest BCUT2D eigenvalue weighted by molar-refractivity contribution is 0.0950. The molecule has 0 spiro atoms. The molecule has 0 atom stereocenters. The summed E-state index contributed by atoms with van der Waals surface area (Å²) in [6.07, 6.45) is 3.04. The summed E-state index contributed by atoms with van der Waals surface area (Å²) in [5.41, 5.74) is 0.882. The maximum Gasteiger partial charge on any atom is 0.251 e. The van der Waals surface area contributed by atoms with E-state index in [1.54, 1.807) is 24.4 Å². The third kappa shape index (κ3) is 3.41. The van der Waals surface area contributed by atoms with E-state index in [0.717, 1.165) is 5.56 Å². The van der Waals surface area contributed by atoms with Gasteiger partial charge in [-0.3, -0.25) is 9.59 Å². The highest BCUT2D eigenvalue weighted by molar-refractivity contribution is 5.93. The molecule has 6 nitrogen and oxygen atoms in total. The Hall–Kier alpha value is -2.63. The van der Waals surface area contributed by atoms with Gasteiger partial charge in [0.05, 0.1) is 7.11 Å². The summed E-state index contributed by atoms with van der Waals surface area (Å²) in [5.74, 6) is 0.185. The third-order valence-corrected chi connectivity index (χ3v) is 2.50. The fourth-order valence-corrected chi connectivity index (χ4v) is 1.54. The molecule has 98 valence electrons. The van der Waals surface area contributed by atoms with Gasteiger partial charge in [0, 0.05) is 36.6 Å². The number of aromatic nitrogens is 2. The second-order valence-electron chi connectivity index (χ2n) is 3.83. The minimum atomic E-state index is -0.307. The van der Waals surface area contributed by atoms with Crippen LogP contribution in [-0.2, 0) is 6.54 Å². The van der Waals surface area contributed by atoms with Crippen molar-refractivity contribution in [2.24, 2.45) is 0 Å². The molecular weight excluding hydrogens is 246 g/mol. The second kappa shape index (κ2) is 5.81. The lowest BCUT2D eigenvalue weighted by Gasteiger charge is -2.06. The zero-order valence-electron chi connectivity index (χ0n) is 10.3. The standard InChI is InChI=1S/C13H13N3O3/c1-19-12-6-9(2-4-15-12)8-16-13(18)10-3-5-14-11(17)7-10/h2-7H,8H2,1H3,(H,14,17)(H,16,18). The Morgan fingerprint density at radius 2 is 2.26 bits per heavy atom. The van der Waals surface area contributed by atoms with Crippen LogP contribution in [0.1, 0.15) is 15.9 Å². The van der Waals surface area contributed by atoms with Crippen molar-refractivity contribution in [2.75, 3.05) is 7.11 Å². The van der Waals surface area contributed by atoms with E-state index in [2.05, 4.69) is 15.3 Å². The molecule has 0 aliphatic carbocycles. The van der Waals surface area contributed by atoms with Gasteiger partial charge < -0.3 is 15.0 Å². The summed E-state index contributed by atoms with van der Waals surface area (Å²) >= 11 is 0. The Balaban J connectivity index is 2.02. The summed E-state index contributed by atoms with van der Waals surface area (Å²) in [6, 6.07) is 6.31. The van der Waals surface area contributed by atoms with Crippen LogP contribution >= 0.6 is 0 Å². The molecule has 0 saturated carbocycles. The van der Waals surface area contributed by atoms with Crippen LogP contribution in [0.15, 0.2) is 41.5 Å². The molecule has 6 heteroatoms. The van der Waals surface area contributed by atoms with Crippen molar-refractivity contribution in [1.82, 2.24) is 15.3 Å². The number of nitrogens with zero attached hydrogens (tertiary/aromatic N) is 1. The maximum atomic E-state index is 11.8. The number of hydrogen-bond donors (Lipinski definition) is 2. The molecule has 2 rings (SSSR count). The highest BCUT2D eigenvalue weighted by Crippen LogP contribution is 2.08. The zero-order chi connectivity index (χ0) is 13.7. The van der Waals surface area contributed by atoms with Gasteiger partial charge in [-0.1, -0.05) is 0 Å². The number of rotatable bonds is 4. The SMILES string of the molecule is COc1cc(CNC(=O)c2cc[nH]c(=O)c2)ccn1. The van der Waals surface area contributed by atoms with E-state index in [-0.39, 0.29) is 11.5 Å². The van der Waals surface area contributed by atoms with Crippen molar-refractivity contribution in [2.45, 2.75) is 6.54 Å². The lowest BCUT2D eigenvalue weighted by atomic mass is 10.2. The fraction of sp³-hybridized carbons (Fsp3) is 0.154. The van der Waals surface area contributed by atoms with Crippen LogP contribution in [0.5, 0.6) is 5.88 Å². The largest absolute Gasteiger partial charge is 0.481 e. The molecular formula is C13H13N3O3. The fourth-order valence-electron chi connectivity index (χ4n) is 1.54. The zero-order valence-corrected chi connectivity index (χ0v) is 10.3. The van der Waals surface area contributed by atoms with E-state index in [4.69, 9.17) is 4.74 Å². The van der Waals surface area contributed by atoms with Crippen LogP contribution in [0.2, 0.25) is 0 Å². The first kappa shape index (κ1) is 12.8. The number of pyridine rings is 2. The molecule has 0 aliphatic rings. The van der Waals surface area contributed by atoms with Gasteiger partial charge in [0.2, 0.25) is 11.4 Å². The topological polar surface area (TPSA) is 84.1 Å². The predicted molar refractivity (Wildman–Crippen MR) is 69.0 cm³/mol. The van der Waals surface area contributed by atoms with Crippen LogP contribution in [-0.4, -0.2) is 23.0 Å². The number of carbonyl (C=O) groups is 1. The number of H-pyrrole nitrogens is 1. The summed E-state index contributed by atoms with van der Waals surface area (Å²) in [6.45, 7) is 0.338. The quantitative estimate of drug-likeness (QED) is 0.847. The number of ether oxygens (including phenoxy) is 1. The van der Waals surface area contributed by atoms with Gasteiger partial charge in [-0.25, -0.2) is 4.98 Å².